The molecule has 1 N–H and O–H groups in total. The highest BCUT2D eigenvalue weighted by Gasteiger charge is 2.32. The van der Waals surface area contributed by atoms with Crippen molar-refractivity contribution in [2.45, 2.75) is 53.0 Å². The van der Waals surface area contributed by atoms with Gasteiger partial charge in [0.15, 0.2) is 0 Å². The fraction of sp³-hybridized carbons (Fsp3) is 0.500. The summed E-state index contributed by atoms with van der Waals surface area (Å²) in [6.45, 7) is 7.88. The normalized spacial score (nSPS) is 16.6. The van der Waals surface area contributed by atoms with E-state index >= 15 is 0 Å². The van der Waals surface area contributed by atoms with Gasteiger partial charge < -0.3 is 14.6 Å². The van der Waals surface area contributed by atoms with Crippen LogP contribution in [-0.4, -0.2) is 48.7 Å². The number of hydrogen-bond donors (Lipinski definition) is 1. The number of carboxylic acids is 1. The van der Waals surface area contributed by atoms with Crippen molar-refractivity contribution in [3.63, 3.8) is 0 Å². The Kier molecular flexibility index (Phi) is 7.33. The minimum Gasteiger partial charge on any atom is -0.481 e. The summed E-state index contributed by atoms with van der Waals surface area (Å²) in [4.78, 5) is 31.1. The fourth-order valence-corrected chi connectivity index (χ4v) is 4.85. The first kappa shape index (κ1) is 24.6. The van der Waals surface area contributed by atoms with Crippen molar-refractivity contribution in [1.82, 2.24) is 24.5 Å². The van der Waals surface area contributed by atoms with E-state index in [1.165, 1.54) is 0 Å². The van der Waals surface area contributed by atoms with Crippen LogP contribution in [0.4, 0.5) is 5.69 Å². The average Bonchev–Trinajstić information content (AvgIpc) is 3.48. The van der Waals surface area contributed by atoms with Crippen LogP contribution >= 0.6 is 0 Å². The monoisotopic (exact) mass is 478 g/mol. The number of anilines is 1. The Bertz CT molecular complexity index is 1260. The van der Waals surface area contributed by atoms with Gasteiger partial charge in [0.05, 0.1) is 35.2 Å². The Morgan fingerprint density at radius 2 is 2.03 bits per heavy atom. The first-order valence-corrected chi connectivity index (χ1v) is 12.4. The summed E-state index contributed by atoms with van der Waals surface area (Å²) in [5.41, 5.74) is 5.27. The molecule has 0 bridgehead atoms. The molecule has 186 valence electrons. The molecular formula is C26H34N6O3. The predicted octanol–water partition coefficient (Wildman–Crippen LogP) is 3.15. The van der Waals surface area contributed by atoms with E-state index in [4.69, 9.17) is 4.98 Å². The molecule has 0 spiro atoms. The van der Waals surface area contributed by atoms with Crippen LogP contribution in [0.5, 0.6) is 0 Å². The van der Waals surface area contributed by atoms with E-state index in [1.807, 2.05) is 25.4 Å². The fourth-order valence-electron chi connectivity index (χ4n) is 4.85. The van der Waals surface area contributed by atoms with Gasteiger partial charge in [-0.2, -0.15) is 0 Å². The van der Waals surface area contributed by atoms with Gasteiger partial charge in [-0.1, -0.05) is 38.5 Å². The van der Waals surface area contributed by atoms with E-state index in [2.05, 4.69) is 35.1 Å². The van der Waals surface area contributed by atoms with Crippen LogP contribution in [0.2, 0.25) is 0 Å². The standard InChI is InChI=1S/C26H34N6O3/c1-5-7-18-8-11-24(33)32(14-18)16-23-25(28-29-30(23)4)21-9-10-22(20(6-2)27-21)31-13-12-19(15-31)17(3)26(34)35/h8-11,14,17,19H,5-7,12-13,15-16H2,1-4H3,(H,34,35)/t17-,19-/m1/s1. The minimum atomic E-state index is -0.740. The number of nitrogens with zero attached hydrogens (tertiary/aromatic N) is 6. The van der Waals surface area contributed by atoms with E-state index in [1.54, 1.807) is 22.2 Å². The molecule has 0 amide bonds. The van der Waals surface area contributed by atoms with Crippen molar-refractivity contribution in [1.29, 1.82) is 0 Å². The summed E-state index contributed by atoms with van der Waals surface area (Å²) in [6, 6.07) is 7.51. The number of carbonyl (C=O) groups is 1. The molecule has 4 heterocycles. The molecule has 1 fully saturated rings. The zero-order chi connectivity index (χ0) is 25.1. The van der Waals surface area contributed by atoms with Gasteiger partial charge in [0, 0.05) is 32.4 Å². The number of aromatic nitrogens is 5. The van der Waals surface area contributed by atoms with Gasteiger partial charge in [-0.15, -0.1) is 5.10 Å². The molecular weight excluding hydrogens is 444 g/mol. The van der Waals surface area contributed by atoms with Crippen LogP contribution in [0, 0.1) is 11.8 Å². The Morgan fingerprint density at radius 1 is 1.23 bits per heavy atom. The van der Waals surface area contributed by atoms with Gasteiger partial charge in [0.2, 0.25) is 0 Å². The summed E-state index contributed by atoms with van der Waals surface area (Å²) in [6.07, 6.45) is 5.45. The maximum absolute atomic E-state index is 12.5. The highest BCUT2D eigenvalue weighted by Crippen LogP contribution is 2.32. The van der Waals surface area contributed by atoms with Gasteiger partial charge in [-0.05, 0) is 42.9 Å². The Hall–Kier alpha value is -3.49. The largest absolute Gasteiger partial charge is 0.481 e. The van der Waals surface area contributed by atoms with E-state index < -0.39 is 5.97 Å². The summed E-state index contributed by atoms with van der Waals surface area (Å²) < 4.78 is 3.41. The third kappa shape index (κ3) is 5.13. The van der Waals surface area contributed by atoms with Crippen LogP contribution in [0.25, 0.3) is 11.4 Å². The first-order chi connectivity index (χ1) is 16.8. The number of carboxylic acid groups (broad SMARTS) is 1. The van der Waals surface area contributed by atoms with Crippen molar-refractivity contribution < 1.29 is 9.90 Å². The van der Waals surface area contributed by atoms with Gasteiger partial charge in [-0.25, -0.2) is 9.67 Å². The predicted molar refractivity (Wildman–Crippen MR) is 135 cm³/mol. The van der Waals surface area contributed by atoms with Gasteiger partial charge >= 0.3 is 5.97 Å². The lowest BCUT2D eigenvalue weighted by molar-refractivity contribution is -0.142. The average molecular weight is 479 g/mol. The molecule has 9 heteroatoms. The lowest BCUT2D eigenvalue weighted by atomic mass is 9.94. The van der Waals surface area contributed by atoms with E-state index in [9.17, 15) is 14.7 Å². The second-order valence-corrected chi connectivity index (χ2v) is 9.40. The number of hydrogen-bond acceptors (Lipinski definition) is 6. The zero-order valence-electron chi connectivity index (χ0n) is 20.9. The van der Waals surface area contributed by atoms with Crippen molar-refractivity contribution in [2.75, 3.05) is 18.0 Å². The van der Waals surface area contributed by atoms with E-state index in [-0.39, 0.29) is 17.4 Å². The lowest BCUT2D eigenvalue weighted by Gasteiger charge is -2.22. The molecule has 0 radical (unpaired) electrons. The Labute approximate surface area is 205 Å². The molecule has 0 aromatic carbocycles. The summed E-state index contributed by atoms with van der Waals surface area (Å²) >= 11 is 0. The summed E-state index contributed by atoms with van der Waals surface area (Å²) in [5, 5.41) is 18.0. The number of aryl methyl sites for hydroxylation is 3. The molecule has 1 saturated heterocycles. The zero-order valence-corrected chi connectivity index (χ0v) is 20.9. The first-order valence-electron chi connectivity index (χ1n) is 12.4. The highest BCUT2D eigenvalue weighted by molar-refractivity contribution is 5.70. The molecule has 4 rings (SSSR count). The van der Waals surface area contributed by atoms with Crippen molar-refractivity contribution in [3.8, 4) is 11.4 Å². The van der Waals surface area contributed by atoms with Gasteiger partial charge in [0.1, 0.15) is 5.69 Å². The van der Waals surface area contributed by atoms with Crippen LogP contribution < -0.4 is 10.5 Å². The Morgan fingerprint density at radius 3 is 2.74 bits per heavy atom. The molecule has 1 aliphatic heterocycles. The molecule has 2 atom stereocenters. The number of pyridine rings is 2. The third-order valence-corrected chi connectivity index (χ3v) is 7.04. The van der Waals surface area contributed by atoms with Crippen LogP contribution in [0.1, 0.15) is 50.6 Å². The summed E-state index contributed by atoms with van der Waals surface area (Å²) in [7, 11) is 1.83. The molecule has 9 nitrogen and oxygen atoms in total. The topological polar surface area (TPSA) is 106 Å². The van der Waals surface area contributed by atoms with Crippen molar-refractivity contribution in [2.24, 2.45) is 18.9 Å². The van der Waals surface area contributed by atoms with Gasteiger partial charge in [-0.3, -0.25) is 9.59 Å². The van der Waals surface area contributed by atoms with Gasteiger partial charge in [0.25, 0.3) is 5.56 Å². The third-order valence-electron chi connectivity index (χ3n) is 7.04. The molecule has 0 unspecified atom stereocenters. The molecule has 3 aromatic rings. The van der Waals surface area contributed by atoms with Crippen molar-refractivity contribution in [3.05, 3.63) is 57.8 Å². The second-order valence-electron chi connectivity index (χ2n) is 9.40. The molecule has 0 saturated carbocycles. The number of aliphatic carboxylic acids is 1. The van der Waals surface area contributed by atoms with E-state index in [0.717, 1.165) is 67.1 Å². The quantitative estimate of drug-likeness (QED) is 0.503. The minimum absolute atomic E-state index is 0.0614. The lowest BCUT2D eigenvalue weighted by Crippen LogP contribution is -2.26. The second kappa shape index (κ2) is 10.4. The van der Waals surface area contributed by atoms with Crippen LogP contribution in [-0.2, 0) is 31.2 Å². The van der Waals surface area contributed by atoms with Crippen LogP contribution in [0.3, 0.4) is 0 Å². The smallest absolute Gasteiger partial charge is 0.306 e. The maximum atomic E-state index is 12.5. The molecule has 3 aromatic heterocycles. The molecule has 1 aliphatic rings. The van der Waals surface area contributed by atoms with E-state index in [0.29, 0.717) is 12.2 Å². The Balaban J connectivity index is 1.62. The highest BCUT2D eigenvalue weighted by atomic mass is 16.4. The maximum Gasteiger partial charge on any atom is 0.306 e. The number of rotatable bonds is 9. The SMILES string of the molecule is CCCc1ccc(=O)n(Cc2c(-c3ccc(N4CC[C@@H]([C@@H](C)C(=O)O)C4)c(CC)n3)nnn2C)c1. The van der Waals surface area contributed by atoms with Crippen molar-refractivity contribution >= 4 is 11.7 Å². The molecule has 35 heavy (non-hydrogen) atoms. The van der Waals surface area contributed by atoms with Crippen LogP contribution in [0.15, 0.2) is 35.3 Å². The summed E-state index contributed by atoms with van der Waals surface area (Å²) in [5.74, 6) is -0.973. The molecule has 0 aliphatic carbocycles.